The monoisotopic (exact) mass is 541 g/mol. The first-order chi connectivity index (χ1) is 15.5. The Morgan fingerprint density at radius 3 is 2.39 bits per heavy atom. The molecule has 0 spiro atoms. The van der Waals surface area contributed by atoms with Crippen LogP contribution >= 0.6 is 26.0 Å². The molecule has 1 aromatic carbocycles. The number of nitrogens with one attached hydrogen (secondary N) is 1. The molecule has 2 aromatic rings. The Labute approximate surface area is 203 Å². The van der Waals surface area contributed by atoms with Crippen LogP contribution < -0.4 is 15.1 Å². The van der Waals surface area contributed by atoms with Crippen molar-refractivity contribution in [1.29, 1.82) is 0 Å². The number of carbonyl (C=O) groups excluding carboxylic acids is 1. The average molecular weight is 542 g/mol. The van der Waals surface area contributed by atoms with E-state index in [2.05, 4.69) is 48.6 Å². The second-order valence-electron chi connectivity index (χ2n) is 9.32. The summed E-state index contributed by atoms with van der Waals surface area (Å²) < 4.78 is 28.0. The van der Waals surface area contributed by atoms with Crippen molar-refractivity contribution < 1.29 is 13.6 Å². The van der Waals surface area contributed by atoms with E-state index in [0.29, 0.717) is 23.0 Å². The van der Waals surface area contributed by atoms with Gasteiger partial charge < -0.3 is 15.1 Å². The van der Waals surface area contributed by atoms with Gasteiger partial charge in [0.05, 0.1) is 11.3 Å². The largest absolute Gasteiger partial charge is 0.369 e. The Balaban J connectivity index is 1.54. The van der Waals surface area contributed by atoms with Crippen LogP contribution in [0.25, 0.3) is 0 Å². The van der Waals surface area contributed by atoms with Crippen LogP contribution in [-0.4, -0.2) is 72.0 Å². The molecular formula is C23H30BrF2N5OS. The summed E-state index contributed by atoms with van der Waals surface area (Å²) in [6.07, 6.45) is 4.28. The molecule has 0 aliphatic carbocycles. The molecule has 180 valence electrons. The zero-order chi connectivity index (χ0) is 23.8. The molecule has 1 aromatic heterocycles. The summed E-state index contributed by atoms with van der Waals surface area (Å²) in [6.45, 7) is 4.04. The van der Waals surface area contributed by atoms with Crippen molar-refractivity contribution in [2.75, 3.05) is 65.3 Å². The van der Waals surface area contributed by atoms with E-state index in [1.54, 1.807) is 11.0 Å². The highest BCUT2D eigenvalue weighted by atomic mass is 79.9. The summed E-state index contributed by atoms with van der Waals surface area (Å²) in [5, 5.41) is 2.91. The summed E-state index contributed by atoms with van der Waals surface area (Å²) in [5.41, 5.74) is 2.16. The fourth-order valence-corrected chi connectivity index (χ4v) is 6.09. The van der Waals surface area contributed by atoms with E-state index in [4.69, 9.17) is 0 Å². The highest BCUT2D eigenvalue weighted by Gasteiger charge is 2.35. The van der Waals surface area contributed by atoms with Crippen LogP contribution in [-0.2, 0) is 0 Å². The van der Waals surface area contributed by atoms with Crippen molar-refractivity contribution in [1.82, 2.24) is 9.97 Å². The second kappa shape index (κ2) is 9.37. The van der Waals surface area contributed by atoms with Gasteiger partial charge >= 0.3 is 0 Å². The number of anilines is 3. The van der Waals surface area contributed by atoms with Crippen molar-refractivity contribution in [3.63, 3.8) is 0 Å². The summed E-state index contributed by atoms with van der Waals surface area (Å²) in [6, 6.07) is 7.38. The summed E-state index contributed by atoms with van der Waals surface area (Å²) in [4.78, 5) is 26.2. The smallest absolute Gasteiger partial charge is 0.258 e. The fourth-order valence-electron chi connectivity index (χ4n) is 4.10. The van der Waals surface area contributed by atoms with E-state index in [1.165, 1.54) is 0 Å². The molecule has 1 amide bonds. The molecule has 6 nitrogen and oxygen atoms in total. The number of benzene rings is 1. The molecule has 2 fully saturated rings. The van der Waals surface area contributed by atoms with E-state index >= 15 is 0 Å². The van der Waals surface area contributed by atoms with Crippen LogP contribution in [0.15, 0.2) is 28.7 Å². The van der Waals surface area contributed by atoms with Gasteiger partial charge in [-0.15, -0.1) is 0 Å². The summed E-state index contributed by atoms with van der Waals surface area (Å²) >= 11 is 3.54. The summed E-state index contributed by atoms with van der Waals surface area (Å²) in [7, 11) is -0.566. The molecule has 0 atom stereocenters. The van der Waals surface area contributed by atoms with Crippen molar-refractivity contribution in [3.05, 3.63) is 40.0 Å². The lowest BCUT2D eigenvalue weighted by atomic mass is 10.1. The molecule has 33 heavy (non-hydrogen) atoms. The quantitative estimate of drug-likeness (QED) is 0.595. The molecule has 0 bridgehead atoms. The van der Waals surface area contributed by atoms with Gasteiger partial charge in [-0.25, -0.2) is 23.8 Å². The number of amides is 1. The number of halogens is 3. The minimum atomic E-state index is -2.64. The number of hydrogen-bond acceptors (Lipinski definition) is 5. The van der Waals surface area contributed by atoms with Gasteiger partial charge in [-0.3, -0.25) is 4.79 Å². The number of piperidine rings is 1. The number of hydrogen-bond donors (Lipinski definition) is 1. The Morgan fingerprint density at radius 2 is 1.73 bits per heavy atom. The molecular weight excluding hydrogens is 512 g/mol. The molecule has 2 saturated heterocycles. The molecule has 0 saturated carbocycles. The highest BCUT2D eigenvalue weighted by molar-refractivity contribution is 9.10. The van der Waals surface area contributed by atoms with Gasteiger partial charge in [0.15, 0.2) is 0 Å². The Kier molecular flexibility index (Phi) is 6.87. The van der Waals surface area contributed by atoms with E-state index in [-0.39, 0.29) is 31.8 Å². The van der Waals surface area contributed by atoms with Gasteiger partial charge in [-0.05, 0) is 49.1 Å². The van der Waals surface area contributed by atoms with Crippen LogP contribution in [0, 0.1) is 6.92 Å². The molecule has 4 rings (SSSR count). The number of nitrogens with zero attached hydrogens (tertiary/aromatic N) is 4. The lowest BCUT2D eigenvalue weighted by molar-refractivity contribution is -0.0222. The molecule has 10 heteroatoms. The number of alkyl halides is 2. The van der Waals surface area contributed by atoms with Crippen LogP contribution in [0.2, 0.25) is 0 Å². The van der Waals surface area contributed by atoms with Gasteiger partial charge in [-0.2, -0.15) is 4.98 Å². The Morgan fingerprint density at radius 1 is 1.06 bits per heavy atom. The predicted octanol–water partition coefficient (Wildman–Crippen LogP) is 4.92. The lowest BCUT2D eigenvalue weighted by Gasteiger charge is -2.42. The average Bonchev–Trinajstić information content (AvgIpc) is 2.73. The van der Waals surface area contributed by atoms with E-state index in [9.17, 15) is 13.6 Å². The van der Waals surface area contributed by atoms with Crippen LogP contribution in [0.5, 0.6) is 0 Å². The third-order valence-electron chi connectivity index (χ3n) is 6.23. The molecule has 0 unspecified atom stereocenters. The van der Waals surface area contributed by atoms with Crippen molar-refractivity contribution in [3.8, 4) is 0 Å². The Hall–Kier alpha value is -1.94. The highest BCUT2D eigenvalue weighted by Crippen LogP contribution is 2.43. The molecule has 0 radical (unpaired) electrons. The zero-order valence-electron chi connectivity index (χ0n) is 19.2. The van der Waals surface area contributed by atoms with Gasteiger partial charge in [0, 0.05) is 55.3 Å². The minimum absolute atomic E-state index is 0.188. The maximum Gasteiger partial charge on any atom is 0.258 e. The van der Waals surface area contributed by atoms with Crippen molar-refractivity contribution in [2.45, 2.75) is 25.7 Å². The fraction of sp³-hybridized carbons (Fsp3) is 0.522. The summed E-state index contributed by atoms with van der Waals surface area (Å²) in [5.74, 6) is 0.147. The SMILES string of the molecule is Cc1cc(NC(=O)c2ccc(Br)cc2N2CCS(C)(C)CC2)nc(N2CCC(F)(F)CC2)n1. The third kappa shape index (κ3) is 5.95. The molecule has 3 heterocycles. The standard InChI is InChI=1S/C23H30BrF2N5OS/c1-16-14-20(29-22(27-16)31-8-6-23(25,26)7-9-31)28-21(32)18-5-4-17(24)15-19(18)30-10-12-33(2,3)13-11-30/h4-5,14-15H,6-13H2,1-3H3,(H,27,28,29,32). The van der Waals surface area contributed by atoms with Gasteiger partial charge in [-0.1, -0.05) is 15.9 Å². The molecule has 1 N–H and O–H groups in total. The third-order valence-corrected chi connectivity index (χ3v) is 9.30. The lowest BCUT2D eigenvalue weighted by Crippen LogP contribution is -2.40. The van der Waals surface area contributed by atoms with Crippen LogP contribution in [0.3, 0.4) is 0 Å². The van der Waals surface area contributed by atoms with Gasteiger partial charge in [0.2, 0.25) is 5.95 Å². The van der Waals surface area contributed by atoms with Crippen LogP contribution in [0.1, 0.15) is 28.9 Å². The van der Waals surface area contributed by atoms with Crippen LogP contribution in [0.4, 0.5) is 26.2 Å². The molecule has 2 aliphatic heterocycles. The van der Waals surface area contributed by atoms with E-state index < -0.39 is 16.0 Å². The van der Waals surface area contributed by atoms with Crippen molar-refractivity contribution in [2.24, 2.45) is 0 Å². The maximum absolute atomic E-state index is 13.5. The Bertz CT molecular complexity index is 1030. The van der Waals surface area contributed by atoms with Gasteiger partial charge in [0.1, 0.15) is 5.82 Å². The van der Waals surface area contributed by atoms with Gasteiger partial charge in [0.25, 0.3) is 11.8 Å². The molecule has 2 aliphatic rings. The number of aromatic nitrogens is 2. The predicted molar refractivity (Wildman–Crippen MR) is 137 cm³/mol. The first-order valence-corrected chi connectivity index (χ1v) is 14.6. The first-order valence-electron chi connectivity index (χ1n) is 11.0. The number of carbonyl (C=O) groups is 1. The number of rotatable bonds is 4. The van der Waals surface area contributed by atoms with E-state index in [1.807, 2.05) is 25.1 Å². The van der Waals surface area contributed by atoms with E-state index in [0.717, 1.165) is 34.8 Å². The van der Waals surface area contributed by atoms with Crippen molar-refractivity contribution >= 4 is 49.3 Å². The topological polar surface area (TPSA) is 61.4 Å². The normalized spacial score (nSPS) is 20.9. The number of aryl methyl sites for hydroxylation is 1. The minimum Gasteiger partial charge on any atom is -0.369 e. The maximum atomic E-state index is 13.5. The zero-order valence-corrected chi connectivity index (χ0v) is 21.6. The first kappa shape index (κ1) is 24.2. The second-order valence-corrected chi connectivity index (χ2v) is 14.6.